The Labute approximate surface area is 121 Å². The number of hydrogen-bond acceptors (Lipinski definition) is 4. The lowest BCUT2D eigenvalue weighted by Crippen LogP contribution is -2.06. The molecule has 0 amide bonds. The average Bonchev–Trinajstić information content (AvgIpc) is 2.84. The van der Waals surface area contributed by atoms with Gasteiger partial charge in [0.25, 0.3) is 0 Å². The minimum atomic E-state index is -3.00. The first-order valence-corrected chi connectivity index (χ1v) is 6.15. The molecule has 22 heavy (non-hydrogen) atoms. The Hall–Kier alpha value is -2.84. The number of hydrogen-bond donors (Lipinski definition) is 2. The molecule has 2 N–H and O–H groups in total. The Morgan fingerprint density at radius 3 is 2.64 bits per heavy atom. The summed E-state index contributed by atoms with van der Waals surface area (Å²) < 4.78 is 42.3. The summed E-state index contributed by atoms with van der Waals surface area (Å²) >= 11 is 0. The molecule has 0 atom stereocenters. The Balaban J connectivity index is 2.14. The first-order chi connectivity index (χ1) is 10.5. The van der Waals surface area contributed by atoms with Crippen LogP contribution in [0.15, 0.2) is 23.1 Å². The lowest BCUT2D eigenvalue weighted by atomic mass is 10.1. The van der Waals surface area contributed by atoms with Gasteiger partial charge < -0.3 is 14.7 Å². The van der Waals surface area contributed by atoms with Gasteiger partial charge in [-0.1, -0.05) is 0 Å². The van der Waals surface area contributed by atoms with Crippen LogP contribution in [0.2, 0.25) is 0 Å². The number of ether oxygens (including phenoxy) is 1. The van der Waals surface area contributed by atoms with Crippen molar-refractivity contribution < 1.29 is 17.9 Å². The van der Waals surface area contributed by atoms with Crippen LogP contribution in [0.5, 0.6) is 5.88 Å². The monoisotopic (exact) mass is 310 g/mol. The summed E-state index contributed by atoms with van der Waals surface area (Å²) in [6.45, 7) is -1.55. The highest BCUT2D eigenvalue weighted by Crippen LogP contribution is 2.27. The highest BCUT2D eigenvalue weighted by molar-refractivity contribution is 5.90. The van der Waals surface area contributed by atoms with E-state index in [0.717, 1.165) is 0 Å². The molecule has 114 valence electrons. The van der Waals surface area contributed by atoms with E-state index in [2.05, 4.69) is 24.7 Å². The van der Waals surface area contributed by atoms with Crippen molar-refractivity contribution in [2.24, 2.45) is 0 Å². The van der Waals surface area contributed by atoms with Crippen LogP contribution in [-0.4, -0.2) is 26.5 Å². The second kappa shape index (κ2) is 5.17. The van der Waals surface area contributed by atoms with E-state index in [1.807, 2.05) is 0 Å². The fourth-order valence-corrected chi connectivity index (χ4v) is 2.10. The summed E-state index contributed by atoms with van der Waals surface area (Å²) in [6, 6.07) is 2.58. The van der Waals surface area contributed by atoms with Crippen LogP contribution in [0, 0.1) is 12.7 Å². The molecule has 0 saturated carbocycles. The predicted molar refractivity (Wildman–Crippen MR) is 71.3 cm³/mol. The number of H-pyrrole nitrogens is 2. The Morgan fingerprint density at radius 1 is 1.23 bits per heavy atom. The fourth-order valence-electron chi connectivity index (χ4n) is 2.10. The quantitative estimate of drug-likeness (QED) is 0.778. The van der Waals surface area contributed by atoms with Crippen LogP contribution in [-0.2, 0) is 0 Å². The van der Waals surface area contributed by atoms with E-state index in [1.54, 1.807) is 0 Å². The van der Waals surface area contributed by atoms with Gasteiger partial charge in [0, 0.05) is 5.56 Å². The molecule has 3 aromatic rings. The van der Waals surface area contributed by atoms with Crippen molar-refractivity contribution in [3.05, 3.63) is 40.3 Å². The molecule has 0 unspecified atom stereocenters. The van der Waals surface area contributed by atoms with Gasteiger partial charge in [-0.3, -0.25) is 0 Å². The summed E-state index contributed by atoms with van der Waals surface area (Å²) in [4.78, 5) is 24.0. The molecule has 0 saturated heterocycles. The van der Waals surface area contributed by atoms with Gasteiger partial charge >= 0.3 is 12.3 Å². The molecule has 6 nitrogen and oxygen atoms in total. The third-order valence-corrected chi connectivity index (χ3v) is 3.01. The number of imidazole rings is 1. The van der Waals surface area contributed by atoms with E-state index in [9.17, 15) is 18.0 Å². The van der Waals surface area contributed by atoms with Crippen molar-refractivity contribution in [1.82, 2.24) is 19.9 Å². The SMILES string of the molecule is Cc1nc(-c2ccc(F)c3[nH]c(=O)[nH]c23)cnc1OC(F)F. The first kappa shape index (κ1) is 14.1. The van der Waals surface area contributed by atoms with Crippen LogP contribution in [0.25, 0.3) is 22.3 Å². The van der Waals surface area contributed by atoms with Crippen molar-refractivity contribution in [3.8, 4) is 17.1 Å². The number of benzene rings is 1. The third-order valence-electron chi connectivity index (χ3n) is 3.01. The summed E-state index contributed by atoms with van der Waals surface area (Å²) in [5, 5.41) is 0. The standard InChI is InChI=1S/C13H9F3N4O2/c1-5-11(22-12(15)16)17-4-8(18-5)6-2-3-7(14)10-9(6)19-13(21)20-10/h2-4,12H,1H3,(H2,19,20,21). The van der Waals surface area contributed by atoms with E-state index in [-0.39, 0.29) is 22.6 Å². The molecular weight excluding hydrogens is 301 g/mol. The van der Waals surface area contributed by atoms with Crippen molar-refractivity contribution >= 4 is 11.0 Å². The molecule has 0 spiro atoms. The van der Waals surface area contributed by atoms with Gasteiger partial charge in [-0.25, -0.2) is 19.2 Å². The molecular formula is C13H9F3N4O2. The number of aromatic amines is 2. The summed E-state index contributed by atoms with van der Waals surface area (Å²) in [7, 11) is 0. The molecule has 0 aliphatic rings. The first-order valence-electron chi connectivity index (χ1n) is 6.15. The van der Waals surface area contributed by atoms with E-state index < -0.39 is 18.1 Å². The molecule has 0 bridgehead atoms. The maximum absolute atomic E-state index is 13.7. The number of nitrogens with zero attached hydrogens (tertiary/aromatic N) is 2. The molecule has 0 aliphatic heterocycles. The molecule has 3 rings (SSSR count). The van der Waals surface area contributed by atoms with Gasteiger partial charge in [0.05, 0.1) is 17.4 Å². The molecule has 2 aromatic heterocycles. The summed E-state index contributed by atoms with van der Waals surface area (Å²) in [6.07, 6.45) is 1.21. The van der Waals surface area contributed by atoms with Crippen LogP contribution >= 0.6 is 0 Å². The second-order valence-corrected chi connectivity index (χ2v) is 4.45. The molecule has 1 aromatic carbocycles. The Kier molecular flexibility index (Phi) is 3.32. The third kappa shape index (κ3) is 2.41. The van der Waals surface area contributed by atoms with Crippen molar-refractivity contribution in [2.75, 3.05) is 0 Å². The second-order valence-electron chi connectivity index (χ2n) is 4.45. The van der Waals surface area contributed by atoms with Crippen LogP contribution in [0.1, 0.15) is 5.69 Å². The van der Waals surface area contributed by atoms with Gasteiger partial charge in [-0.05, 0) is 19.1 Å². The fraction of sp³-hybridized carbons (Fsp3) is 0.154. The lowest BCUT2D eigenvalue weighted by Gasteiger charge is -2.08. The van der Waals surface area contributed by atoms with E-state index in [4.69, 9.17) is 0 Å². The highest BCUT2D eigenvalue weighted by Gasteiger charge is 2.15. The number of nitrogens with one attached hydrogen (secondary N) is 2. The van der Waals surface area contributed by atoms with Gasteiger partial charge in [-0.2, -0.15) is 8.78 Å². The van der Waals surface area contributed by atoms with Crippen LogP contribution < -0.4 is 10.4 Å². The molecule has 0 fully saturated rings. The number of fused-ring (bicyclic) bond motifs is 1. The maximum Gasteiger partial charge on any atom is 0.388 e. The predicted octanol–water partition coefficient (Wildman–Crippen LogP) is 2.36. The van der Waals surface area contributed by atoms with E-state index >= 15 is 0 Å². The normalized spacial score (nSPS) is 11.3. The van der Waals surface area contributed by atoms with Gasteiger partial charge in [0.15, 0.2) is 0 Å². The number of aryl methyl sites for hydroxylation is 1. The van der Waals surface area contributed by atoms with Crippen LogP contribution in [0.4, 0.5) is 13.2 Å². The molecule has 0 radical (unpaired) electrons. The number of alkyl halides is 2. The van der Waals surface area contributed by atoms with Crippen LogP contribution in [0.3, 0.4) is 0 Å². The number of rotatable bonds is 3. The molecule has 9 heteroatoms. The summed E-state index contributed by atoms with van der Waals surface area (Å²) in [5.74, 6) is -0.890. The zero-order valence-corrected chi connectivity index (χ0v) is 11.2. The molecule has 0 aliphatic carbocycles. The van der Waals surface area contributed by atoms with Crippen molar-refractivity contribution in [1.29, 1.82) is 0 Å². The summed E-state index contributed by atoms with van der Waals surface area (Å²) in [5.41, 5.74) is 0.515. The van der Waals surface area contributed by atoms with Crippen molar-refractivity contribution in [2.45, 2.75) is 13.5 Å². The Bertz CT molecular complexity index is 904. The zero-order chi connectivity index (χ0) is 15.9. The Morgan fingerprint density at radius 2 is 1.95 bits per heavy atom. The van der Waals surface area contributed by atoms with Gasteiger partial charge in [-0.15, -0.1) is 0 Å². The lowest BCUT2D eigenvalue weighted by molar-refractivity contribution is -0.0536. The smallest absolute Gasteiger partial charge is 0.388 e. The van der Waals surface area contributed by atoms with Crippen molar-refractivity contribution in [3.63, 3.8) is 0 Å². The number of aromatic nitrogens is 4. The topological polar surface area (TPSA) is 83.7 Å². The highest BCUT2D eigenvalue weighted by atomic mass is 19.3. The number of halogens is 3. The minimum absolute atomic E-state index is 0.00913. The largest absolute Gasteiger partial charge is 0.415 e. The zero-order valence-electron chi connectivity index (χ0n) is 11.2. The van der Waals surface area contributed by atoms with Gasteiger partial charge in [0.2, 0.25) is 5.88 Å². The maximum atomic E-state index is 13.7. The van der Waals surface area contributed by atoms with Gasteiger partial charge in [0.1, 0.15) is 17.0 Å². The average molecular weight is 310 g/mol. The minimum Gasteiger partial charge on any atom is -0.415 e. The van der Waals surface area contributed by atoms with E-state index in [1.165, 1.54) is 25.3 Å². The van der Waals surface area contributed by atoms with E-state index in [0.29, 0.717) is 11.3 Å². The molecule has 2 heterocycles.